The lowest BCUT2D eigenvalue weighted by molar-refractivity contribution is 0.777. The Morgan fingerprint density at radius 3 is 2.52 bits per heavy atom. The fourth-order valence-corrected chi connectivity index (χ4v) is 4.30. The number of imidazole rings is 1. The van der Waals surface area contributed by atoms with Crippen molar-refractivity contribution < 1.29 is 0 Å². The fourth-order valence-electron chi connectivity index (χ4n) is 2.41. The average molecular weight is 314 g/mol. The molecule has 0 saturated heterocycles. The zero-order valence-corrected chi connectivity index (χ0v) is 13.8. The number of benzene rings is 2. The van der Waals surface area contributed by atoms with Crippen molar-refractivity contribution in [3.05, 3.63) is 54.6 Å². The van der Waals surface area contributed by atoms with Gasteiger partial charge in [0.1, 0.15) is 5.82 Å². The van der Waals surface area contributed by atoms with Gasteiger partial charge < -0.3 is 4.57 Å². The van der Waals surface area contributed by atoms with Crippen LogP contribution in [0.2, 0.25) is 0 Å². The van der Waals surface area contributed by atoms with Crippen LogP contribution in [-0.4, -0.2) is 15.3 Å². The predicted molar refractivity (Wildman–Crippen MR) is 95.6 cm³/mol. The highest BCUT2D eigenvalue weighted by Gasteiger charge is 2.17. The lowest BCUT2D eigenvalue weighted by Gasteiger charge is -2.16. The largest absolute Gasteiger partial charge is 0.311 e. The SMILES string of the molecule is CCSS[C@@H](C)n1c(-c2ccccc2)nc2ccccc21. The molecule has 1 atom stereocenters. The molecule has 0 aliphatic heterocycles. The molecule has 1 aromatic heterocycles. The topological polar surface area (TPSA) is 17.8 Å². The smallest absolute Gasteiger partial charge is 0.142 e. The summed E-state index contributed by atoms with van der Waals surface area (Å²) in [5, 5.41) is 0.345. The Hall–Kier alpha value is -1.39. The van der Waals surface area contributed by atoms with Gasteiger partial charge in [0.2, 0.25) is 0 Å². The molecule has 2 aromatic carbocycles. The number of hydrogen-bond donors (Lipinski definition) is 0. The van der Waals surface area contributed by atoms with Gasteiger partial charge in [-0.25, -0.2) is 4.98 Å². The highest BCUT2D eigenvalue weighted by atomic mass is 33.1. The van der Waals surface area contributed by atoms with Crippen molar-refractivity contribution in [3.8, 4) is 11.4 Å². The molecule has 0 unspecified atom stereocenters. The van der Waals surface area contributed by atoms with E-state index in [0.717, 1.165) is 17.1 Å². The van der Waals surface area contributed by atoms with Crippen LogP contribution in [0.4, 0.5) is 0 Å². The van der Waals surface area contributed by atoms with Crippen LogP contribution in [0.15, 0.2) is 54.6 Å². The number of fused-ring (bicyclic) bond motifs is 1. The van der Waals surface area contributed by atoms with Gasteiger partial charge in [0.25, 0.3) is 0 Å². The van der Waals surface area contributed by atoms with E-state index >= 15 is 0 Å². The first-order valence-corrected chi connectivity index (χ1v) is 9.50. The van der Waals surface area contributed by atoms with Gasteiger partial charge in [-0.3, -0.25) is 0 Å². The number of nitrogens with zero attached hydrogens (tertiary/aromatic N) is 2. The Bertz CT molecular complexity index is 722. The first-order valence-electron chi connectivity index (χ1n) is 7.12. The van der Waals surface area contributed by atoms with Crippen LogP contribution < -0.4 is 0 Å². The molecule has 0 bridgehead atoms. The van der Waals surface area contributed by atoms with Crippen molar-refractivity contribution in [2.45, 2.75) is 19.2 Å². The summed E-state index contributed by atoms with van der Waals surface area (Å²) < 4.78 is 2.35. The molecule has 108 valence electrons. The summed E-state index contributed by atoms with van der Waals surface area (Å²) in [6, 6.07) is 18.8. The average Bonchev–Trinajstić information content (AvgIpc) is 2.93. The molecule has 1 heterocycles. The number of rotatable bonds is 5. The molecule has 0 amide bonds. The molecule has 0 radical (unpaired) electrons. The number of hydrogen-bond acceptors (Lipinski definition) is 3. The van der Waals surface area contributed by atoms with E-state index in [1.807, 2.05) is 33.7 Å². The third-order valence-corrected chi connectivity index (χ3v) is 6.13. The maximum atomic E-state index is 4.85. The minimum Gasteiger partial charge on any atom is -0.311 e. The second kappa shape index (κ2) is 6.58. The molecule has 0 fully saturated rings. The van der Waals surface area contributed by atoms with Crippen molar-refractivity contribution in [1.29, 1.82) is 0 Å². The third-order valence-electron chi connectivity index (χ3n) is 3.32. The molecule has 21 heavy (non-hydrogen) atoms. The first kappa shape index (κ1) is 14.5. The summed E-state index contributed by atoms with van der Waals surface area (Å²) in [7, 11) is 3.79. The van der Waals surface area contributed by atoms with Gasteiger partial charge in [0.05, 0.1) is 16.4 Å². The van der Waals surface area contributed by atoms with Crippen LogP contribution >= 0.6 is 21.6 Å². The molecule has 4 heteroatoms. The van der Waals surface area contributed by atoms with E-state index in [1.165, 1.54) is 11.1 Å². The van der Waals surface area contributed by atoms with Gasteiger partial charge in [-0.2, -0.15) is 0 Å². The van der Waals surface area contributed by atoms with Gasteiger partial charge in [-0.05, 0) is 19.1 Å². The third kappa shape index (κ3) is 2.97. The van der Waals surface area contributed by atoms with Crippen molar-refractivity contribution in [1.82, 2.24) is 9.55 Å². The quantitative estimate of drug-likeness (QED) is 0.569. The second-order valence-corrected chi connectivity index (χ2v) is 7.73. The van der Waals surface area contributed by atoms with Crippen LogP contribution in [0, 0.1) is 0 Å². The van der Waals surface area contributed by atoms with Crippen LogP contribution in [0.25, 0.3) is 22.4 Å². The summed E-state index contributed by atoms with van der Waals surface area (Å²) in [6.07, 6.45) is 0. The van der Waals surface area contributed by atoms with E-state index in [2.05, 4.69) is 60.9 Å². The van der Waals surface area contributed by atoms with Gasteiger partial charge in [-0.1, -0.05) is 71.0 Å². The molecular formula is C17H18N2S2. The molecule has 0 aliphatic rings. The predicted octanol–water partition coefficient (Wildman–Crippen LogP) is 5.62. The van der Waals surface area contributed by atoms with E-state index in [-0.39, 0.29) is 0 Å². The lowest BCUT2D eigenvalue weighted by atomic mass is 10.2. The van der Waals surface area contributed by atoms with Crippen LogP contribution in [0.1, 0.15) is 19.2 Å². The van der Waals surface area contributed by atoms with Gasteiger partial charge in [0, 0.05) is 11.3 Å². The molecular weight excluding hydrogens is 296 g/mol. The van der Waals surface area contributed by atoms with Crippen molar-refractivity contribution in [3.63, 3.8) is 0 Å². The molecule has 0 spiro atoms. The number of aromatic nitrogens is 2. The molecule has 0 N–H and O–H groups in total. The van der Waals surface area contributed by atoms with Gasteiger partial charge in [0.15, 0.2) is 0 Å². The molecule has 0 saturated carbocycles. The van der Waals surface area contributed by atoms with Crippen LogP contribution in [0.3, 0.4) is 0 Å². The van der Waals surface area contributed by atoms with E-state index in [4.69, 9.17) is 4.98 Å². The van der Waals surface area contributed by atoms with Crippen molar-refractivity contribution in [2.24, 2.45) is 0 Å². The van der Waals surface area contributed by atoms with Gasteiger partial charge >= 0.3 is 0 Å². The standard InChI is InChI=1S/C17H18N2S2/c1-3-20-21-13(2)19-16-12-8-7-11-15(16)18-17(19)14-9-5-4-6-10-14/h4-13H,3H2,1-2H3/t13-/m0/s1. The maximum absolute atomic E-state index is 4.85. The summed E-state index contributed by atoms with van der Waals surface area (Å²) in [5.41, 5.74) is 3.43. The summed E-state index contributed by atoms with van der Waals surface area (Å²) in [4.78, 5) is 4.85. The van der Waals surface area contributed by atoms with Gasteiger partial charge in [-0.15, -0.1) is 0 Å². The van der Waals surface area contributed by atoms with Crippen molar-refractivity contribution in [2.75, 3.05) is 5.75 Å². The molecule has 2 nitrogen and oxygen atoms in total. The summed E-state index contributed by atoms with van der Waals surface area (Å²) in [5.74, 6) is 2.16. The zero-order chi connectivity index (χ0) is 14.7. The molecule has 3 rings (SSSR count). The van der Waals surface area contributed by atoms with E-state index < -0.39 is 0 Å². The summed E-state index contributed by atoms with van der Waals surface area (Å²) >= 11 is 0. The van der Waals surface area contributed by atoms with E-state index in [1.54, 1.807) is 0 Å². The Morgan fingerprint density at radius 1 is 1.05 bits per heavy atom. The Balaban J connectivity index is 2.14. The van der Waals surface area contributed by atoms with Crippen LogP contribution in [0.5, 0.6) is 0 Å². The minimum absolute atomic E-state index is 0.345. The minimum atomic E-state index is 0.345. The lowest BCUT2D eigenvalue weighted by Crippen LogP contribution is -2.02. The fraction of sp³-hybridized carbons (Fsp3) is 0.235. The highest BCUT2D eigenvalue weighted by molar-refractivity contribution is 8.76. The molecule has 3 aromatic rings. The first-order chi connectivity index (χ1) is 10.3. The normalized spacial score (nSPS) is 12.7. The Labute approximate surface area is 133 Å². The Morgan fingerprint density at radius 2 is 1.76 bits per heavy atom. The van der Waals surface area contributed by atoms with Crippen molar-refractivity contribution >= 4 is 32.6 Å². The Kier molecular flexibility index (Phi) is 4.56. The monoisotopic (exact) mass is 314 g/mol. The van der Waals surface area contributed by atoms with Crippen LogP contribution in [-0.2, 0) is 0 Å². The molecule has 0 aliphatic carbocycles. The number of para-hydroxylation sites is 2. The second-order valence-electron chi connectivity index (χ2n) is 4.76. The maximum Gasteiger partial charge on any atom is 0.142 e. The van der Waals surface area contributed by atoms with E-state index in [9.17, 15) is 0 Å². The zero-order valence-electron chi connectivity index (χ0n) is 12.2. The summed E-state index contributed by atoms with van der Waals surface area (Å²) in [6.45, 7) is 4.43. The highest BCUT2D eigenvalue weighted by Crippen LogP contribution is 2.38. The van der Waals surface area contributed by atoms with E-state index in [0.29, 0.717) is 5.37 Å².